The summed E-state index contributed by atoms with van der Waals surface area (Å²) in [5.74, 6) is 0.516. The number of rotatable bonds is 4. The van der Waals surface area contributed by atoms with E-state index in [-0.39, 0.29) is 36.5 Å². The summed E-state index contributed by atoms with van der Waals surface area (Å²) < 4.78 is 5.57. The number of hydrogen-bond acceptors (Lipinski definition) is 3. The van der Waals surface area contributed by atoms with E-state index in [2.05, 4.69) is 5.32 Å². The minimum Gasteiger partial charge on any atom is -0.376 e. The van der Waals surface area contributed by atoms with Crippen molar-refractivity contribution in [3.05, 3.63) is 0 Å². The van der Waals surface area contributed by atoms with Crippen LogP contribution in [-0.2, 0) is 9.53 Å². The molecule has 1 saturated heterocycles. The molecular weight excluding hydrogens is 252 g/mol. The molecule has 0 radical (unpaired) electrons. The number of carbonyl (C=O) groups excluding carboxylic acids is 1. The molecule has 2 fully saturated rings. The fourth-order valence-corrected chi connectivity index (χ4v) is 2.96. The number of halogens is 1. The van der Waals surface area contributed by atoms with E-state index < -0.39 is 0 Å². The second-order valence-electron chi connectivity index (χ2n) is 5.47. The molecule has 4 atom stereocenters. The number of ether oxygens (including phenoxy) is 1. The Labute approximate surface area is 115 Å². The first-order chi connectivity index (χ1) is 8.16. The fraction of sp³-hybridized carbons (Fsp3) is 0.923. The van der Waals surface area contributed by atoms with E-state index in [0.29, 0.717) is 12.3 Å². The quantitative estimate of drug-likeness (QED) is 0.820. The summed E-state index contributed by atoms with van der Waals surface area (Å²) in [7, 11) is 0. The predicted molar refractivity (Wildman–Crippen MR) is 73.8 cm³/mol. The van der Waals surface area contributed by atoms with Gasteiger partial charge < -0.3 is 15.8 Å². The van der Waals surface area contributed by atoms with Crippen molar-refractivity contribution >= 4 is 18.3 Å². The summed E-state index contributed by atoms with van der Waals surface area (Å²) in [6, 6.07) is 0.349. The number of hydrogen-bond donors (Lipinski definition) is 2. The number of nitrogens with two attached hydrogens (primary N) is 1. The minimum absolute atomic E-state index is 0. The highest BCUT2D eigenvalue weighted by Crippen LogP contribution is 2.26. The van der Waals surface area contributed by atoms with E-state index >= 15 is 0 Å². The van der Waals surface area contributed by atoms with Gasteiger partial charge in [0, 0.05) is 19.1 Å². The van der Waals surface area contributed by atoms with Crippen LogP contribution in [0, 0.1) is 5.92 Å². The zero-order valence-electron chi connectivity index (χ0n) is 11.1. The van der Waals surface area contributed by atoms with Crippen LogP contribution in [0.4, 0.5) is 0 Å². The molecule has 2 rings (SSSR count). The Hall–Kier alpha value is -0.320. The molecule has 0 bridgehead atoms. The Morgan fingerprint density at radius 3 is 2.72 bits per heavy atom. The third-order valence-corrected chi connectivity index (χ3v) is 4.08. The molecule has 106 valence electrons. The minimum atomic E-state index is 0. The van der Waals surface area contributed by atoms with Crippen molar-refractivity contribution in [2.24, 2.45) is 11.7 Å². The maximum Gasteiger partial charge on any atom is 0.220 e. The van der Waals surface area contributed by atoms with Crippen LogP contribution in [0.25, 0.3) is 0 Å². The highest BCUT2D eigenvalue weighted by Gasteiger charge is 2.28. The van der Waals surface area contributed by atoms with E-state index in [4.69, 9.17) is 10.5 Å². The van der Waals surface area contributed by atoms with Gasteiger partial charge >= 0.3 is 0 Å². The van der Waals surface area contributed by atoms with Gasteiger partial charge in [-0.15, -0.1) is 12.4 Å². The molecule has 2 unspecified atom stereocenters. The van der Waals surface area contributed by atoms with E-state index in [0.717, 1.165) is 32.3 Å². The predicted octanol–water partition coefficient (Wildman–Crippen LogP) is 1.61. The molecule has 18 heavy (non-hydrogen) atoms. The van der Waals surface area contributed by atoms with Crippen LogP contribution in [0.15, 0.2) is 0 Å². The van der Waals surface area contributed by atoms with Crippen LogP contribution in [0.1, 0.15) is 45.4 Å². The molecule has 1 heterocycles. The third kappa shape index (κ3) is 4.11. The van der Waals surface area contributed by atoms with Crippen molar-refractivity contribution in [3.8, 4) is 0 Å². The lowest BCUT2D eigenvalue weighted by Gasteiger charge is -2.22. The summed E-state index contributed by atoms with van der Waals surface area (Å²) in [5.41, 5.74) is 5.98. The number of nitrogens with one attached hydrogen (secondary N) is 1. The molecule has 0 aromatic carbocycles. The molecule has 1 amide bonds. The molecule has 0 aromatic rings. The van der Waals surface area contributed by atoms with Gasteiger partial charge in [0.1, 0.15) is 0 Å². The van der Waals surface area contributed by atoms with Gasteiger partial charge in [0.05, 0.1) is 12.1 Å². The molecule has 0 spiro atoms. The lowest BCUT2D eigenvalue weighted by molar-refractivity contribution is -0.123. The van der Waals surface area contributed by atoms with E-state index in [1.54, 1.807) is 0 Å². The zero-order chi connectivity index (χ0) is 12.3. The highest BCUT2D eigenvalue weighted by atomic mass is 35.5. The maximum atomic E-state index is 11.9. The Bertz CT molecular complexity index is 270. The Balaban J connectivity index is 0.00000162. The summed E-state index contributed by atoms with van der Waals surface area (Å²) in [5, 5.41) is 3.05. The summed E-state index contributed by atoms with van der Waals surface area (Å²) in [6.45, 7) is 2.86. The molecule has 1 aliphatic heterocycles. The first-order valence-corrected chi connectivity index (χ1v) is 6.83. The van der Waals surface area contributed by atoms with E-state index in [1.807, 2.05) is 6.92 Å². The molecule has 0 aromatic heterocycles. The number of carbonyl (C=O) groups is 1. The molecule has 3 N–H and O–H groups in total. The van der Waals surface area contributed by atoms with Crippen LogP contribution < -0.4 is 11.1 Å². The maximum absolute atomic E-state index is 11.9. The van der Waals surface area contributed by atoms with Crippen LogP contribution in [0.3, 0.4) is 0 Å². The first kappa shape index (κ1) is 15.7. The van der Waals surface area contributed by atoms with Gasteiger partial charge in [0.25, 0.3) is 0 Å². The van der Waals surface area contributed by atoms with E-state index in [9.17, 15) is 4.79 Å². The van der Waals surface area contributed by atoms with Crippen molar-refractivity contribution in [3.63, 3.8) is 0 Å². The SMILES string of the molecule is CC(NC(=O)C[C@@H]1CCC[C@H]1N)C1CCCO1.Cl. The number of amides is 1. The second-order valence-corrected chi connectivity index (χ2v) is 5.47. The van der Waals surface area contributed by atoms with Crippen molar-refractivity contribution < 1.29 is 9.53 Å². The van der Waals surface area contributed by atoms with Gasteiger partial charge in [-0.05, 0) is 38.5 Å². The van der Waals surface area contributed by atoms with Crippen molar-refractivity contribution in [2.45, 2.75) is 63.6 Å². The summed E-state index contributed by atoms with van der Waals surface area (Å²) in [6.07, 6.45) is 6.29. The zero-order valence-corrected chi connectivity index (χ0v) is 11.9. The standard InChI is InChI=1S/C13H24N2O2.ClH/c1-9(12-6-3-7-17-12)15-13(16)8-10-4-2-5-11(10)14;/h9-12H,2-8,14H2,1H3,(H,15,16);1H/t9?,10-,11+,12?;/m0./s1. The molecule has 4 nitrogen and oxygen atoms in total. The van der Waals surface area contributed by atoms with Crippen molar-refractivity contribution in [2.75, 3.05) is 6.61 Å². The topological polar surface area (TPSA) is 64.4 Å². The monoisotopic (exact) mass is 276 g/mol. The lowest BCUT2D eigenvalue weighted by atomic mass is 9.99. The first-order valence-electron chi connectivity index (χ1n) is 6.83. The summed E-state index contributed by atoms with van der Waals surface area (Å²) in [4.78, 5) is 11.9. The van der Waals surface area contributed by atoms with E-state index in [1.165, 1.54) is 6.42 Å². The van der Waals surface area contributed by atoms with Gasteiger partial charge in [0.2, 0.25) is 5.91 Å². The van der Waals surface area contributed by atoms with Crippen LogP contribution in [0.2, 0.25) is 0 Å². The lowest BCUT2D eigenvalue weighted by Crippen LogP contribution is -2.42. The van der Waals surface area contributed by atoms with Crippen LogP contribution in [0.5, 0.6) is 0 Å². The van der Waals surface area contributed by atoms with Gasteiger partial charge in [-0.3, -0.25) is 4.79 Å². The van der Waals surface area contributed by atoms with Gasteiger partial charge in [-0.2, -0.15) is 0 Å². The molecular formula is C13H25ClN2O2. The highest BCUT2D eigenvalue weighted by molar-refractivity contribution is 5.85. The van der Waals surface area contributed by atoms with Crippen molar-refractivity contribution in [1.82, 2.24) is 5.32 Å². The van der Waals surface area contributed by atoms with Gasteiger partial charge in [0.15, 0.2) is 0 Å². The largest absolute Gasteiger partial charge is 0.376 e. The molecule has 1 saturated carbocycles. The molecule has 5 heteroatoms. The van der Waals surface area contributed by atoms with Gasteiger partial charge in [-0.25, -0.2) is 0 Å². The smallest absolute Gasteiger partial charge is 0.220 e. The van der Waals surface area contributed by atoms with Crippen LogP contribution >= 0.6 is 12.4 Å². The van der Waals surface area contributed by atoms with Crippen molar-refractivity contribution in [1.29, 1.82) is 0 Å². The third-order valence-electron chi connectivity index (χ3n) is 4.08. The average Bonchev–Trinajstić information content (AvgIpc) is 2.90. The Morgan fingerprint density at radius 2 is 2.17 bits per heavy atom. The normalized spacial score (nSPS) is 32.9. The molecule has 1 aliphatic carbocycles. The Kier molecular flexibility index (Phi) is 6.39. The second kappa shape index (κ2) is 7.31. The molecule has 2 aliphatic rings. The fourth-order valence-electron chi connectivity index (χ4n) is 2.96. The van der Waals surface area contributed by atoms with Gasteiger partial charge in [-0.1, -0.05) is 6.42 Å². The van der Waals surface area contributed by atoms with Crippen LogP contribution in [-0.4, -0.2) is 30.7 Å². The Morgan fingerprint density at radius 1 is 1.39 bits per heavy atom. The average molecular weight is 277 g/mol. The summed E-state index contributed by atoms with van der Waals surface area (Å²) >= 11 is 0.